The Hall–Kier alpha value is -10.5. The van der Waals surface area contributed by atoms with Gasteiger partial charge in [0.1, 0.15) is 5.65 Å². The fraction of sp³-hybridized carbons (Fsp3) is 0. The van der Waals surface area contributed by atoms with E-state index in [1.807, 2.05) is 0 Å². The molecule has 0 aliphatic rings. The van der Waals surface area contributed by atoms with Crippen LogP contribution in [0.5, 0.6) is 0 Å². The van der Waals surface area contributed by atoms with Crippen LogP contribution >= 0.6 is 0 Å². The highest BCUT2D eigenvalue weighted by Gasteiger charge is 2.29. The van der Waals surface area contributed by atoms with E-state index in [1.54, 1.807) is 0 Å². The summed E-state index contributed by atoms with van der Waals surface area (Å²) in [5.74, 6) is 0. The molecule has 0 fully saturated rings. The lowest BCUT2D eigenvalue weighted by atomic mass is 9.93. The molecule has 19 rings (SSSR count). The summed E-state index contributed by atoms with van der Waals surface area (Å²) in [5, 5.41) is 19.8. The average molecular weight is 988 g/mol. The van der Waals surface area contributed by atoms with Crippen molar-refractivity contribution in [3.05, 3.63) is 249 Å². The quantitative estimate of drug-likeness (QED) is 0.173. The highest BCUT2D eigenvalue weighted by Crippen LogP contribution is 2.52. The van der Waals surface area contributed by atoms with Gasteiger partial charge in [-0.15, -0.1) is 0 Å². The van der Waals surface area contributed by atoms with E-state index in [1.165, 1.54) is 153 Å². The highest BCUT2D eigenvalue weighted by molar-refractivity contribution is 6.41. The summed E-state index contributed by atoms with van der Waals surface area (Å²) in [6.45, 7) is 0. The van der Waals surface area contributed by atoms with Gasteiger partial charge in [-0.05, 0) is 105 Å². The molecule has 0 saturated heterocycles. The van der Waals surface area contributed by atoms with Gasteiger partial charge in [0.2, 0.25) is 0 Å². The first-order valence-electron chi connectivity index (χ1n) is 27.0. The Labute approximate surface area is 444 Å². The fourth-order valence-electron chi connectivity index (χ4n) is 14.5. The van der Waals surface area contributed by atoms with Crippen LogP contribution in [0.15, 0.2) is 249 Å². The second kappa shape index (κ2) is 14.7. The maximum Gasteiger partial charge on any atom is 0.146 e. The zero-order valence-electron chi connectivity index (χ0n) is 41.9. The minimum absolute atomic E-state index is 0.978. The SMILES string of the molecule is c1ccc(-n2c3ccccc3c3cc(-c4cc5ccccc5c5c6cc7ccccc7c7c8c9c%10cccc%11c%12cccc(-c%13ccc%14c(c%13)c%13ccccc%13n%14-c%13ccccc%13)c%12n(c9ncc8n(c45)c67)c%11%10)ccc32)cc1. The van der Waals surface area contributed by atoms with Crippen molar-refractivity contribution in [1.29, 1.82) is 0 Å². The number of hydrogen-bond acceptors (Lipinski definition) is 1. The molecule has 78 heavy (non-hydrogen) atoms. The van der Waals surface area contributed by atoms with Crippen LogP contribution in [0.25, 0.3) is 175 Å². The molecule has 12 aromatic carbocycles. The van der Waals surface area contributed by atoms with Gasteiger partial charge in [0.05, 0.1) is 55.8 Å². The van der Waals surface area contributed by atoms with E-state index in [4.69, 9.17) is 4.98 Å². The van der Waals surface area contributed by atoms with Gasteiger partial charge >= 0.3 is 0 Å². The Morgan fingerprint density at radius 3 is 1.44 bits per heavy atom. The summed E-state index contributed by atoms with van der Waals surface area (Å²) in [6, 6.07) is 89.9. The van der Waals surface area contributed by atoms with Crippen molar-refractivity contribution >= 4 is 141 Å². The molecule has 0 bridgehead atoms. The Kier molecular flexibility index (Phi) is 7.68. The van der Waals surface area contributed by atoms with E-state index in [0.29, 0.717) is 0 Å². The molecular formula is C73H41N5. The minimum atomic E-state index is 0.978. The molecule has 5 heteroatoms. The number of benzene rings is 12. The second-order valence-corrected chi connectivity index (χ2v) is 21.4. The van der Waals surface area contributed by atoms with Crippen LogP contribution in [0.3, 0.4) is 0 Å². The summed E-state index contributed by atoms with van der Waals surface area (Å²) in [6.07, 6.45) is 2.19. The Morgan fingerprint density at radius 1 is 0.256 bits per heavy atom. The van der Waals surface area contributed by atoms with Crippen molar-refractivity contribution in [2.45, 2.75) is 0 Å². The number of aromatic nitrogens is 5. The molecule has 7 heterocycles. The molecule has 0 N–H and O–H groups in total. The van der Waals surface area contributed by atoms with Gasteiger partial charge in [-0.1, -0.05) is 170 Å². The van der Waals surface area contributed by atoms with E-state index in [2.05, 4.69) is 267 Å². The summed E-state index contributed by atoms with van der Waals surface area (Å²) in [7, 11) is 0. The van der Waals surface area contributed by atoms with Crippen molar-refractivity contribution in [2.24, 2.45) is 0 Å². The number of nitrogens with zero attached hydrogens (tertiary/aromatic N) is 5. The molecule has 19 aromatic rings. The molecule has 0 saturated carbocycles. The monoisotopic (exact) mass is 987 g/mol. The Bertz CT molecular complexity index is 5790. The maximum atomic E-state index is 5.70. The first-order chi connectivity index (χ1) is 38.7. The zero-order valence-corrected chi connectivity index (χ0v) is 41.9. The minimum Gasteiger partial charge on any atom is -0.309 e. The number of rotatable bonds is 4. The molecule has 5 nitrogen and oxygen atoms in total. The molecule has 0 atom stereocenters. The molecule has 0 aliphatic carbocycles. The summed E-state index contributed by atoms with van der Waals surface area (Å²) in [5.41, 5.74) is 18.8. The fourth-order valence-corrected chi connectivity index (χ4v) is 14.5. The number of pyridine rings is 1. The van der Waals surface area contributed by atoms with E-state index in [-0.39, 0.29) is 0 Å². The lowest BCUT2D eigenvalue weighted by Gasteiger charge is -2.12. The van der Waals surface area contributed by atoms with Crippen LogP contribution in [-0.4, -0.2) is 22.9 Å². The topological polar surface area (TPSA) is 31.6 Å². The van der Waals surface area contributed by atoms with Crippen LogP contribution in [0.1, 0.15) is 0 Å². The number of hydrogen-bond donors (Lipinski definition) is 0. The molecule has 0 radical (unpaired) electrons. The molecule has 358 valence electrons. The highest BCUT2D eigenvalue weighted by atomic mass is 15.0. The lowest BCUT2D eigenvalue weighted by Crippen LogP contribution is -1.93. The largest absolute Gasteiger partial charge is 0.309 e. The van der Waals surface area contributed by atoms with Crippen molar-refractivity contribution in [2.75, 3.05) is 0 Å². The van der Waals surface area contributed by atoms with Gasteiger partial charge in [-0.25, -0.2) is 4.98 Å². The van der Waals surface area contributed by atoms with Crippen molar-refractivity contribution in [1.82, 2.24) is 22.9 Å². The smallest absolute Gasteiger partial charge is 0.146 e. The normalized spacial score (nSPS) is 12.6. The van der Waals surface area contributed by atoms with Gasteiger partial charge in [-0.3, -0.25) is 4.40 Å². The molecule has 0 aliphatic heterocycles. The predicted octanol–water partition coefficient (Wildman–Crippen LogP) is 19.2. The van der Waals surface area contributed by atoms with Gasteiger partial charge in [-0.2, -0.15) is 0 Å². The Balaban J connectivity index is 0.934. The van der Waals surface area contributed by atoms with E-state index >= 15 is 0 Å². The molecule has 0 spiro atoms. The second-order valence-electron chi connectivity index (χ2n) is 21.4. The van der Waals surface area contributed by atoms with Crippen LogP contribution < -0.4 is 0 Å². The van der Waals surface area contributed by atoms with Crippen LogP contribution in [-0.2, 0) is 0 Å². The first kappa shape index (κ1) is 40.8. The molecule has 0 amide bonds. The van der Waals surface area contributed by atoms with E-state index < -0.39 is 0 Å². The van der Waals surface area contributed by atoms with Crippen molar-refractivity contribution in [3.8, 4) is 33.6 Å². The summed E-state index contributed by atoms with van der Waals surface area (Å²) < 4.78 is 9.89. The number of fused-ring (bicyclic) bond motifs is 23. The van der Waals surface area contributed by atoms with Crippen molar-refractivity contribution in [3.63, 3.8) is 0 Å². The lowest BCUT2D eigenvalue weighted by molar-refractivity contribution is 1.18. The van der Waals surface area contributed by atoms with Crippen LogP contribution in [0, 0.1) is 0 Å². The van der Waals surface area contributed by atoms with Crippen LogP contribution in [0.4, 0.5) is 0 Å². The molecule has 0 unspecified atom stereocenters. The molecule has 7 aromatic heterocycles. The summed E-state index contributed by atoms with van der Waals surface area (Å²) >= 11 is 0. The summed E-state index contributed by atoms with van der Waals surface area (Å²) in [4.78, 5) is 5.70. The standard InChI is InChI=1S/C73H41N5/c1-3-19-46(20-4-1)75-60-31-13-11-25-51(60)57-38-44(33-35-62(57)75)50-27-15-28-53-54-29-16-30-55-67-68-64(41-74-73(67)78(69(50)53)70(54)55)77-71-56(45-34-36-63-58(39-45)52-26-12-14-32-61(52)76(63)47-21-5-2-6-22-47)37-42-17-7-9-23-48(42)65(71)59-40-43-18-8-10-24-49(43)66(68)72(59)77/h1-41H. The molecular weight excluding hydrogens is 947 g/mol. The van der Waals surface area contributed by atoms with Gasteiger partial charge < -0.3 is 13.5 Å². The van der Waals surface area contributed by atoms with Crippen molar-refractivity contribution < 1.29 is 0 Å². The first-order valence-corrected chi connectivity index (χ1v) is 27.0. The van der Waals surface area contributed by atoms with Crippen LogP contribution in [0.2, 0.25) is 0 Å². The third-order valence-electron chi connectivity index (χ3n) is 17.6. The third kappa shape index (κ3) is 5.04. The Morgan fingerprint density at radius 2 is 0.769 bits per heavy atom. The maximum absolute atomic E-state index is 5.70. The van der Waals surface area contributed by atoms with Gasteiger partial charge in [0.15, 0.2) is 0 Å². The predicted molar refractivity (Wildman–Crippen MR) is 328 cm³/mol. The van der Waals surface area contributed by atoms with Gasteiger partial charge in [0, 0.05) is 87.1 Å². The number of para-hydroxylation sites is 6. The third-order valence-corrected chi connectivity index (χ3v) is 17.6. The average Bonchev–Trinajstić information content (AvgIpc) is 3.60. The van der Waals surface area contributed by atoms with E-state index in [0.717, 1.165) is 22.5 Å². The van der Waals surface area contributed by atoms with Gasteiger partial charge in [0.25, 0.3) is 0 Å². The van der Waals surface area contributed by atoms with E-state index in [9.17, 15) is 0 Å². The zero-order chi connectivity index (χ0) is 50.5.